The van der Waals surface area contributed by atoms with Gasteiger partial charge >= 0.3 is 0 Å². The summed E-state index contributed by atoms with van der Waals surface area (Å²) in [7, 11) is 0. The minimum absolute atomic E-state index is 0.171. The van der Waals surface area contributed by atoms with Gasteiger partial charge in [0, 0.05) is 25.2 Å². The lowest BCUT2D eigenvalue weighted by molar-refractivity contribution is 0.1000. The molecule has 0 unspecified atom stereocenters. The number of halogens is 1. The Kier molecular flexibility index (Phi) is 4.25. The highest BCUT2D eigenvalue weighted by molar-refractivity contribution is 5.93. The van der Waals surface area contributed by atoms with Crippen LogP contribution < -0.4 is 16.4 Å². The monoisotopic (exact) mass is 225 g/mol. The summed E-state index contributed by atoms with van der Waals surface area (Å²) >= 11 is 0. The molecule has 0 heterocycles. The largest absolute Gasteiger partial charge is 0.368 e. The molecule has 0 saturated heterocycles. The maximum absolute atomic E-state index is 13.7. The second-order valence-corrected chi connectivity index (χ2v) is 3.40. The van der Waals surface area contributed by atoms with Crippen LogP contribution >= 0.6 is 0 Å². The zero-order valence-electron chi connectivity index (χ0n) is 9.24. The lowest BCUT2D eigenvalue weighted by Crippen LogP contribution is -2.30. The summed E-state index contributed by atoms with van der Waals surface area (Å²) in [5.74, 6) is -1.08. The molecule has 0 spiro atoms. The first-order chi connectivity index (χ1) is 7.60. The van der Waals surface area contributed by atoms with E-state index in [4.69, 9.17) is 11.5 Å². The molecule has 88 valence electrons. The molecule has 0 fully saturated rings. The highest BCUT2D eigenvalue weighted by Gasteiger charge is 2.11. The number of rotatable bonds is 5. The second kappa shape index (κ2) is 5.46. The van der Waals surface area contributed by atoms with Crippen molar-refractivity contribution in [2.45, 2.75) is 6.92 Å². The van der Waals surface area contributed by atoms with E-state index < -0.39 is 11.7 Å². The van der Waals surface area contributed by atoms with Crippen molar-refractivity contribution in [2.75, 3.05) is 24.5 Å². The first-order valence-corrected chi connectivity index (χ1v) is 5.14. The maximum Gasteiger partial charge on any atom is 0.248 e. The van der Waals surface area contributed by atoms with E-state index in [1.165, 1.54) is 6.07 Å². The summed E-state index contributed by atoms with van der Waals surface area (Å²) in [5, 5.41) is 0. The molecule has 0 saturated carbocycles. The fraction of sp³-hybridized carbons (Fsp3) is 0.364. The molecule has 1 rings (SSSR count). The zero-order chi connectivity index (χ0) is 12.1. The van der Waals surface area contributed by atoms with Gasteiger partial charge in [-0.15, -0.1) is 0 Å². The van der Waals surface area contributed by atoms with Crippen molar-refractivity contribution < 1.29 is 9.18 Å². The van der Waals surface area contributed by atoms with E-state index in [9.17, 15) is 9.18 Å². The van der Waals surface area contributed by atoms with E-state index in [0.29, 0.717) is 25.3 Å². The highest BCUT2D eigenvalue weighted by atomic mass is 19.1. The standard InChI is InChI=1S/C11H16FN3O/c1-2-15(6-5-13)10-4-3-8(11(14)16)7-9(10)12/h3-4,7H,2,5-6,13H2,1H3,(H2,14,16). The number of nitrogens with zero attached hydrogens (tertiary/aromatic N) is 1. The van der Waals surface area contributed by atoms with E-state index in [0.717, 1.165) is 6.07 Å². The first-order valence-electron chi connectivity index (χ1n) is 5.14. The van der Waals surface area contributed by atoms with Gasteiger partial charge in [0.25, 0.3) is 0 Å². The van der Waals surface area contributed by atoms with Gasteiger partial charge in [0.2, 0.25) is 5.91 Å². The molecular formula is C11H16FN3O. The molecule has 4 nitrogen and oxygen atoms in total. The smallest absolute Gasteiger partial charge is 0.248 e. The van der Waals surface area contributed by atoms with Gasteiger partial charge in [0.05, 0.1) is 5.69 Å². The number of hydrogen-bond donors (Lipinski definition) is 2. The molecule has 0 bridgehead atoms. The van der Waals surface area contributed by atoms with Crippen molar-refractivity contribution in [3.63, 3.8) is 0 Å². The Balaban J connectivity index is 3.01. The van der Waals surface area contributed by atoms with Crippen LogP contribution in [0.5, 0.6) is 0 Å². The molecule has 0 aliphatic carbocycles. The summed E-state index contributed by atoms with van der Waals surface area (Å²) in [6.45, 7) is 3.59. The summed E-state index contributed by atoms with van der Waals surface area (Å²) in [5.41, 5.74) is 11.1. The Labute approximate surface area is 94.0 Å². The van der Waals surface area contributed by atoms with Gasteiger partial charge in [-0.2, -0.15) is 0 Å². The second-order valence-electron chi connectivity index (χ2n) is 3.40. The molecule has 0 aliphatic heterocycles. The van der Waals surface area contributed by atoms with Crippen molar-refractivity contribution in [3.05, 3.63) is 29.6 Å². The van der Waals surface area contributed by atoms with Crippen LogP contribution in [-0.2, 0) is 0 Å². The summed E-state index contributed by atoms with van der Waals surface area (Å²) in [6.07, 6.45) is 0. The predicted octanol–water partition coefficient (Wildman–Crippen LogP) is 0.710. The van der Waals surface area contributed by atoms with Gasteiger partial charge in [-0.05, 0) is 25.1 Å². The van der Waals surface area contributed by atoms with Crippen LogP contribution in [0.1, 0.15) is 17.3 Å². The Bertz CT molecular complexity index is 381. The molecule has 0 aliphatic rings. The number of anilines is 1. The third-order valence-electron chi connectivity index (χ3n) is 2.35. The van der Waals surface area contributed by atoms with Crippen LogP contribution in [0.25, 0.3) is 0 Å². The van der Waals surface area contributed by atoms with Gasteiger partial charge in [0.1, 0.15) is 5.82 Å². The van der Waals surface area contributed by atoms with E-state index in [2.05, 4.69) is 0 Å². The number of amides is 1. The number of likely N-dealkylation sites (N-methyl/N-ethyl adjacent to an activating group) is 1. The van der Waals surface area contributed by atoms with E-state index in [1.807, 2.05) is 6.92 Å². The van der Waals surface area contributed by atoms with E-state index in [-0.39, 0.29) is 5.56 Å². The van der Waals surface area contributed by atoms with Gasteiger partial charge < -0.3 is 16.4 Å². The van der Waals surface area contributed by atoms with Crippen molar-refractivity contribution in [3.8, 4) is 0 Å². The average molecular weight is 225 g/mol. The number of benzene rings is 1. The Morgan fingerprint density at radius 2 is 2.19 bits per heavy atom. The van der Waals surface area contributed by atoms with Gasteiger partial charge in [-0.25, -0.2) is 4.39 Å². The van der Waals surface area contributed by atoms with Crippen molar-refractivity contribution >= 4 is 11.6 Å². The molecule has 0 atom stereocenters. The Hall–Kier alpha value is -1.62. The lowest BCUT2D eigenvalue weighted by Gasteiger charge is -2.22. The fourth-order valence-electron chi connectivity index (χ4n) is 1.52. The molecule has 0 aromatic heterocycles. The Morgan fingerprint density at radius 3 is 2.62 bits per heavy atom. The Morgan fingerprint density at radius 1 is 1.50 bits per heavy atom. The van der Waals surface area contributed by atoms with Gasteiger partial charge in [-0.1, -0.05) is 0 Å². The lowest BCUT2D eigenvalue weighted by atomic mass is 10.1. The van der Waals surface area contributed by atoms with Crippen LogP contribution in [0.4, 0.5) is 10.1 Å². The van der Waals surface area contributed by atoms with Gasteiger partial charge in [-0.3, -0.25) is 4.79 Å². The molecule has 1 aromatic rings. The molecule has 16 heavy (non-hydrogen) atoms. The molecule has 1 amide bonds. The minimum atomic E-state index is -0.632. The number of hydrogen-bond acceptors (Lipinski definition) is 3. The quantitative estimate of drug-likeness (QED) is 0.775. The molecule has 0 radical (unpaired) electrons. The molecule has 5 heteroatoms. The van der Waals surface area contributed by atoms with Crippen LogP contribution in [-0.4, -0.2) is 25.5 Å². The van der Waals surface area contributed by atoms with Crippen molar-refractivity contribution in [2.24, 2.45) is 11.5 Å². The first kappa shape index (κ1) is 12.4. The SMILES string of the molecule is CCN(CCN)c1ccc(C(N)=O)cc1F. The molecular weight excluding hydrogens is 209 g/mol. The number of primary amides is 1. The highest BCUT2D eigenvalue weighted by Crippen LogP contribution is 2.19. The summed E-state index contributed by atoms with van der Waals surface area (Å²) in [6, 6.07) is 4.21. The average Bonchev–Trinajstić information content (AvgIpc) is 2.26. The van der Waals surface area contributed by atoms with E-state index >= 15 is 0 Å². The predicted molar refractivity (Wildman–Crippen MR) is 61.9 cm³/mol. The minimum Gasteiger partial charge on any atom is -0.368 e. The topological polar surface area (TPSA) is 72.3 Å². The third-order valence-corrected chi connectivity index (χ3v) is 2.35. The van der Waals surface area contributed by atoms with Crippen molar-refractivity contribution in [1.82, 2.24) is 0 Å². The zero-order valence-corrected chi connectivity index (χ0v) is 9.24. The fourth-order valence-corrected chi connectivity index (χ4v) is 1.52. The van der Waals surface area contributed by atoms with Crippen LogP contribution in [0.15, 0.2) is 18.2 Å². The van der Waals surface area contributed by atoms with Gasteiger partial charge in [0.15, 0.2) is 0 Å². The van der Waals surface area contributed by atoms with Crippen LogP contribution in [0.3, 0.4) is 0 Å². The third kappa shape index (κ3) is 2.70. The number of carbonyl (C=O) groups excluding carboxylic acids is 1. The normalized spacial score (nSPS) is 10.2. The van der Waals surface area contributed by atoms with Crippen molar-refractivity contribution in [1.29, 1.82) is 0 Å². The maximum atomic E-state index is 13.7. The van der Waals surface area contributed by atoms with E-state index in [1.54, 1.807) is 11.0 Å². The molecule has 1 aromatic carbocycles. The number of nitrogens with two attached hydrogens (primary N) is 2. The number of carbonyl (C=O) groups is 1. The van der Waals surface area contributed by atoms with Crippen LogP contribution in [0, 0.1) is 5.82 Å². The van der Waals surface area contributed by atoms with Crippen LogP contribution in [0.2, 0.25) is 0 Å². The molecule has 4 N–H and O–H groups in total. The summed E-state index contributed by atoms with van der Waals surface area (Å²) < 4.78 is 13.7. The summed E-state index contributed by atoms with van der Waals surface area (Å²) in [4.78, 5) is 12.7.